The van der Waals surface area contributed by atoms with Gasteiger partial charge in [-0.05, 0) is 47.9 Å². The number of aliphatic hydroxyl groups excluding tert-OH is 1. The van der Waals surface area contributed by atoms with Gasteiger partial charge in [-0.25, -0.2) is 0 Å². The maximum absolute atomic E-state index is 13.8. The number of methoxy groups -OCH3 is 1. The maximum atomic E-state index is 13.8. The van der Waals surface area contributed by atoms with Gasteiger partial charge < -0.3 is 29.3 Å². The average molecular weight is 509 g/mol. The molecule has 5 aromatic rings. The molecule has 0 saturated carbocycles. The monoisotopic (exact) mass is 508 g/mol. The number of nitrogens with zero attached hydrogens (tertiary/aromatic N) is 1. The molecule has 0 bridgehead atoms. The van der Waals surface area contributed by atoms with Gasteiger partial charge in [0.1, 0.15) is 5.75 Å². The molecule has 0 radical (unpaired) electrons. The van der Waals surface area contributed by atoms with Crippen LogP contribution in [0.5, 0.6) is 11.5 Å². The predicted octanol–water partition coefficient (Wildman–Crippen LogP) is 5.45. The smallest absolute Gasteiger partial charge is 0.290 e. The summed E-state index contributed by atoms with van der Waals surface area (Å²) in [5.41, 5.74) is 2.91. The van der Waals surface area contributed by atoms with E-state index in [1.165, 1.54) is 24.1 Å². The molecule has 3 N–H and O–H groups in total. The van der Waals surface area contributed by atoms with Gasteiger partial charge in [0.25, 0.3) is 5.91 Å². The number of H-pyrrole nitrogens is 1. The molecule has 1 unspecified atom stereocenters. The van der Waals surface area contributed by atoms with Crippen molar-refractivity contribution in [3.8, 4) is 11.5 Å². The lowest BCUT2D eigenvalue weighted by molar-refractivity contribution is -0.129. The molecule has 8 nitrogen and oxygen atoms in total. The second-order valence-electron chi connectivity index (χ2n) is 9.18. The summed E-state index contributed by atoms with van der Waals surface area (Å²) < 4.78 is 11.2. The number of Topliss-reactive ketones (excluding diaryl/α,β-unsaturated/α-hetero) is 1. The van der Waals surface area contributed by atoms with E-state index in [1.54, 1.807) is 36.4 Å². The lowest BCUT2D eigenvalue weighted by atomic mass is 9.94. The highest BCUT2D eigenvalue weighted by molar-refractivity contribution is 6.16. The van der Waals surface area contributed by atoms with E-state index in [0.29, 0.717) is 28.7 Å². The van der Waals surface area contributed by atoms with Crippen molar-refractivity contribution >= 4 is 33.6 Å². The van der Waals surface area contributed by atoms with E-state index in [4.69, 9.17) is 9.15 Å². The zero-order valence-corrected chi connectivity index (χ0v) is 20.5. The quantitative estimate of drug-likeness (QED) is 0.252. The molecule has 6 rings (SSSR count). The molecule has 0 aliphatic carbocycles. The number of ketones is 1. The number of benzene rings is 3. The summed E-state index contributed by atoms with van der Waals surface area (Å²) in [6, 6.07) is 20.1. The maximum Gasteiger partial charge on any atom is 0.290 e. The van der Waals surface area contributed by atoms with Gasteiger partial charge >= 0.3 is 0 Å². The number of aromatic nitrogens is 1. The molecule has 3 aromatic carbocycles. The van der Waals surface area contributed by atoms with Crippen molar-refractivity contribution in [2.24, 2.45) is 0 Å². The number of rotatable bonds is 7. The molecular formula is C30H24N2O6. The first-order valence-electron chi connectivity index (χ1n) is 12.2. The molecular weight excluding hydrogens is 484 g/mol. The minimum Gasteiger partial charge on any atom is -0.508 e. The summed E-state index contributed by atoms with van der Waals surface area (Å²) in [5.74, 6) is -1.34. The van der Waals surface area contributed by atoms with Crippen LogP contribution in [0, 0.1) is 0 Å². The lowest BCUT2D eigenvalue weighted by Gasteiger charge is -2.26. The highest BCUT2D eigenvalue weighted by atomic mass is 16.5. The molecule has 0 fully saturated rings. The van der Waals surface area contributed by atoms with Crippen molar-refractivity contribution in [1.29, 1.82) is 0 Å². The molecule has 1 aliphatic rings. The normalized spacial score (nSPS) is 15.7. The molecule has 190 valence electrons. The Morgan fingerprint density at radius 1 is 1.05 bits per heavy atom. The van der Waals surface area contributed by atoms with Gasteiger partial charge in [0.2, 0.25) is 5.78 Å². The highest BCUT2D eigenvalue weighted by Crippen LogP contribution is 2.41. The van der Waals surface area contributed by atoms with Gasteiger partial charge in [0.05, 0.1) is 18.7 Å². The van der Waals surface area contributed by atoms with Gasteiger partial charge in [-0.15, -0.1) is 0 Å². The summed E-state index contributed by atoms with van der Waals surface area (Å²) in [7, 11) is 1.51. The predicted molar refractivity (Wildman–Crippen MR) is 141 cm³/mol. The van der Waals surface area contributed by atoms with Crippen LogP contribution in [0.3, 0.4) is 0 Å². The number of furan rings is 1. The summed E-state index contributed by atoms with van der Waals surface area (Å²) in [4.78, 5) is 31.9. The number of phenols is 1. The van der Waals surface area contributed by atoms with Crippen LogP contribution in [-0.4, -0.2) is 45.4 Å². The number of para-hydroxylation sites is 2. The van der Waals surface area contributed by atoms with Gasteiger partial charge in [0.15, 0.2) is 22.9 Å². The van der Waals surface area contributed by atoms with E-state index < -0.39 is 23.5 Å². The van der Waals surface area contributed by atoms with E-state index in [2.05, 4.69) is 4.98 Å². The molecule has 1 amide bonds. The molecule has 2 aromatic heterocycles. The summed E-state index contributed by atoms with van der Waals surface area (Å²) in [5, 5.41) is 22.5. The van der Waals surface area contributed by atoms with Crippen LogP contribution in [0.25, 0.3) is 21.9 Å². The van der Waals surface area contributed by atoms with Crippen LogP contribution in [0.1, 0.15) is 27.7 Å². The van der Waals surface area contributed by atoms with Gasteiger partial charge in [0, 0.05) is 29.0 Å². The number of aromatic amines is 1. The van der Waals surface area contributed by atoms with E-state index in [-0.39, 0.29) is 23.6 Å². The molecule has 1 atom stereocenters. The Labute approximate surface area is 217 Å². The van der Waals surface area contributed by atoms with Crippen molar-refractivity contribution in [2.75, 3.05) is 13.7 Å². The van der Waals surface area contributed by atoms with Crippen molar-refractivity contribution in [2.45, 2.75) is 12.5 Å². The number of fused-ring (bicyclic) bond motifs is 2. The van der Waals surface area contributed by atoms with Crippen LogP contribution in [-0.2, 0) is 11.2 Å². The lowest BCUT2D eigenvalue weighted by Crippen LogP contribution is -2.33. The first-order chi connectivity index (χ1) is 18.5. The zero-order valence-electron chi connectivity index (χ0n) is 20.5. The third kappa shape index (κ3) is 3.78. The highest BCUT2D eigenvalue weighted by Gasteiger charge is 2.44. The van der Waals surface area contributed by atoms with E-state index in [9.17, 15) is 19.8 Å². The molecule has 8 heteroatoms. The Hall–Kier alpha value is -4.98. The number of nitrogens with one attached hydrogen (secondary N) is 1. The fourth-order valence-electron chi connectivity index (χ4n) is 5.14. The van der Waals surface area contributed by atoms with Crippen LogP contribution in [0.15, 0.2) is 94.7 Å². The Bertz CT molecular complexity index is 1730. The number of ether oxygens (including phenoxy) is 1. The van der Waals surface area contributed by atoms with Crippen molar-refractivity contribution in [3.63, 3.8) is 0 Å². The van der Waals surface area contributed by atoms with E-state index in [1.807, 2.05) is 30.5 Å². The number of aromatic hydroxyl groups is 1. The Morgan fingerprint density at radius 2 is 1.84 bits per heavy atom. The third-order valence-electron chi connectivity index (χ3n) is 7.01. The number of amides is 1. The van der Waals surface area contributed by atoms with Gasteiger partial charge in [-0.1, -0.05) is 42.5 Å². The van der Waals surface area contributed by atoms with Crippen LogP contribution < -0.4 is 4.74 Å². The Morgan fingerprint density at radius 3 is 2.63 bits per heavy atom. The number of phenolic OH excluding ortho intramolecular Hbond substituents is 1. The fraction of sp³-hybridized carbons (Fsp3) is 0.133. The van der Waals surface area contributed by atoms with Crippen molar-refractivity contribution < 1.29 is 29.0 Å². The van der Waals surface area contributed by atoms with Gasteiger partial charge in [-0.3, -0.25) is 9.59 Å². The number of hydrogen-bond donors (Lipinski definition) is 3. The molecule has 0 saturated heterocycles. The van der Waals surface area contributed by atoms with Gasteiger partial charge in [-0.2, -0.15) is 0 Å². The first-order valence-corrected chi connectivity index (χ1v) is 12.2. The largest absolute Gasteiger partial charge is 0.508 e. The van der Waals surface area contributed by atoms with Crippen molar-refractivity contribution in [1.82, 2.24) is 9.88 Å². The molecule has 1 aliphatic heterocycles. The summed E-state index contributed by atoms with van der Waals surface area (Å²) in [6.45, 7) is 0.251. The molecule has 38 heavy (non-hydrogen) atoms. The van der Waals surface area contributed by atoms with Crippen LogP contribution in [0.4, 0.5) is 0 Å². The zero-order chi connectivity index (χ0) is 26.4. The van der Waals surface area contributed by atoms with Crippen molar-refractivity contribution in [3.05, 3.63) is 107 Å². The van der Waals surface area contributed by atoms with Crippen LogP contribution in [0.2, 0.25) is 0 Å². The number of hydrogen-bond acceptors (Lipinski definition) is 6. The average Bonchev–Trinajstić information content (AvgIpc) is 3.62. The number of aliphatic hydroxyl groups is 1. The Kier molecular flexibility index (Phi) is 5.64. The topological polar surface area (TPSA) is 116 Å². The second kappa shape index (κ2) is 9.15. The molecule has 0 spiro atoms. The minimum atomic E-state index is -0.865. The fourth-order valence-corrected chi connectivity index (χ4v) is 5.14. The number of carbonyl (C=O) groups is 2. The second-order valence-corrected chi connectivity index (χ2v) is 9.18. The Balaban J connectivity index is 1.39. The third-order valence-corrected chi connectivity index (χ3v) is 7.01. The van der Waals surface area contributed by atoms with Crippen LogP contribution >= 0.6 is 0 Å². The summed E-state index contributed by atoms with van der Waals surface area (Å²) >= 11 is 0. The SMILES string of the molecule is COc1cccc2cc(C(=O)C3=C(O)C(=O)N(CCc4c[nH]c5ccccc45)C3c3ccc(O)cc3)oc12. The number of carbonyl (C=O) groups excluding carboxylic acids is 2. The standard InChI is InChI=1S/C30H24N2O6/c1-37-23-8-4-5-18-15-24(38-29(18)23)27(34)25-26(17-9-11-20(33)12-10-17)32(30(36)28(25)35)14-13-19-16-31-22-7-3-2-6-21(19)22/h2-12,15-16,26,31,33,35H,13-14H2,1H3. The minimum absolute atomic E-state index is 0.0129. The molecule has 3 heterocycles. The van der Waals surface area contributed by atoms with E-state index in [0.717, 1.165) is 16.5 Å². The van der Waals surface area contributed by atoms with E-state index >= 15 is 0 Å². The summed E-state index contributed by atoms with van der Waals surface area (Å²) in [6.07, 6.45) is 2.41. The first kappa shape index (κ1) is 23.4.